The molecule has 1 unspecified atom stereocenters. The van der Waals surface area contributed by atoms with Crippen molar-refractivity contribution in [1.29, 1.82) is 0 Å². The quantitative estimate of drug-likeness (QED) is 0.585. The Labute approximate surface area is 182 Å². The van der Waals surface area contributed by atoms with Crippen LogP contribution in [-0.4, -0.2) is 35.9 Å². The summed E-state index contributed by atoms with van der Waals surface area (Å²) in [6.07, 6.45) is 0. The maximum absolute atomic E-state index is 13.4. The number of anilines is 2. The molecule has 0 saturated carbocycles. The highest BCUT2D eigenvalue weighted by molar-refractivity contribution is 7.14. The van der Waals surface area contributed by atoms with Crippen LogP contribution in [-0.2, 0) is 4.79 Å². The number of benzene rings is 1. The van der Waals surface area contributed by atoms with Crippen molar-refractivity contribution in [2.75, 3.05) is 23.9 Å². The van der Waals surface area contributed by atoms with Crippen LogP contribution in [0.15, 0.2) is 53.1 Å². The molecular weight excluding hydrogens is 418 g/mol. The number of Topliss-reactive ketones (excluding diaryl/α,β-unsaturated/α-hetero) is 1. The molecule has 6 nitrogen and oxygen atoms in total. The second-order valence-electron chi connectivity index (χ2n) is 7.24. The van der Waals surface area contributed by atoms with E-state index in [-0.39, 0.29) is 11.4 Å². The fourth-order valence-electron chi connectivity index (χ4n) is 3.60. The molecule has 0 saturated heterocycles. The van der Waals surface area contributed by atoms with Crippen LogP contribution in [0.4, 0.5) is 11.4 Å². The summed E-state index contributed by atoms with van der Waals surface area (Å²) in [7, 11) is 3.88. The first kappa shape index (κ1) is 20.3. The third-order valence-corrected chi connectivity index (χ3v) is 7.02. The number of nitrogens with zero attached hydrogens (tertiary/aromatic N) is 3. The Morgan fingerprint density at radius 1 is 1.17 bits per heavy atom. The van der Waals surface area contributed by atoms with Crippen molar-refractivity contribution in [2.24, 2.45) is 0 Å². The third kappa shape index (κ3) is 3.32. The number of aromatic nitrogens is 1. The molecule has 1 atom stereocenters. The van der Waals surface area contributed by atoms with E-state index in [0.717, 1.165) is 15.6 Å². The van der Waals surface area contributed by atoms with E-state index in [9.17, 15) is 14.7 Å². The average Bonchev–Trinajstić information content (AvgIpc) is 3.41. The van der Waals surface area contributed by atoms with E-state index in [4.69, 9.17) is 0 Å². The van der Waals surface area contributed by atoms with Crippen LogP contribution in [0.5, 0.6) is 0 Å². The third-order valence-electron chi connectivity index (χ3n) is 5.02. The van der Waals surface area contributed by atoms with Crippen molar-refractivity contribution in [2.45, 2.75) is 19.9 Å². The predicted octanol–water partition coefficient (Wildman–Crippen LogP) is 4.67. The summed E-state index contributed by atoms with van der Waals surface area (Å²) in [6.45, 7) is 3.60. The standard InChI is InChI=1S/C22H21N3O3S2/c1-12-21(30-13(2)23-12)19(26)17-18(16-6-5-11-29-16)25(22(28)20(17)27)15-9-7-14(8-10-15)24(3)4/h5-11,18,27H,1-4H3. The number of thiophene rings is 1. The number of rotatable bonds is 5. The first-order valence-corrected chi connectivity index (χ1v) is 11.1. The zero-order valence-corrected chi connectivity index (χ0v) is 18.7. The largest absolute Gasteiger partial charge is 0.503 e. The maximum Gasteiger partial charge on any atom is 0.294 e. The topological polar surface area (TPSA) is 73.7 Å². The van der Waals surface area contributed by atoms with Crippen LogP contribution < -0.4 is 9.80 Å². The molecule has 0 aliphatic carbocycles. The van der Waals surface area contributed by atoms with Gasteiger partial charge in [0.1, 0.15) is 6.04 Å². The molecule has 8 heteroatoms. The fourth-order valence-corrected chi connectivity index (χ4v) is 5.29. The molecule has 1 aromatic carbocycles. The van der Waals surface area contributed by atoms with Crippen molar-refractivity contribution in [3.8, 4) is 0 Å². The molecule has 3 aromatic rings. The second-order valence-corrected chi connectivity index (χ2v) is 9.43. The molecule has 0 bridgehead atoms. The second kappa shape index (κ2) is 7.70. The normalized spacial score (nSPS) is 16.5. The van der Waals surface area contributed by atoms with Crippen molar-refractivity contribution in [1.82, 2.24) is 4.98 Å². The van der Waals surface area contributed by atoms with E-state index in [2.05, 4.69) is 4.98 Å². The molecule has 4 rings (SSSR count). The highest BCUT2D eigenvalue weighted by Gasteiger charge is 2.45. The number of aliphatic hydroxyl groups is 1. The van der Waals surface area contributed by atoms with Gasteiger partial charge in [0.25, 0.3) is 5.91 Å². The highest BCUT2D eigenvalue weighted by atomic mass is 32.1. The van der Waals surface area contributed by atoms with Gasteiger partial charge < -0.3 is 10.0 Å². The minimum absolute atomic E-state index is 0.103. The van der Waals surface area contributed by atoms with Gasteiger partial charge in [0.05, 0.1) is 21.2 Å². The van der Waals surface area contributed by atoms with E-state index < -0.39 is 17.7 Å². The molecular formula is C22H21N3O3S2. The Balaban J connectivity index is 1.83. The lowest BCUT2D eigenvalue weighted by Gasteiger charge is -2.26. The summed E-state index contributed by atoms with van der Waals surface area (Å²) in [5, 5.41) is 13.4. The molecule has 154 valence electrons. The van der Waals surface area contributed by atoms with E-state index in [1.165, 1.54) is 27.6 Å². The predicted molar refractivity (Wildman–Crippen MR) is 121 cm³/mol. The van der Waals surface area contributed by atoms with Gasteiger partial charge in [-0.2, -0.15) is 0 Å². The summed E-state index contributed by atoms with van der Waals surface area (Å²) >= 11 is 2.72. The number of thiazole rings is 1. The number of ketones is 1. The minimum atomic E-state index is -0.683. The number of hydrogen-bond donors (Lipinski definition) is 1. The molecule has 0 radical (unpaired) electrons. The lowest BCUT2D eigenvalue weighted by Crippen LogP contribution is -2.30. The number of aryl methyl sites for hydroxylation is 2. The molecule has 0 spiro atoms. The van der Waals surface area contributed by atoms with Gasteiger partial charge in [0.2, 0.25) is 5.78 Å². The summed E-state index contributed by atoms with van der Waals surface area (Å²) in [4.78, 5) is 35.6. The van der Waals surface area contributed by atoms with E-state index in [1.54, 1.807) is 6.92 Å². The number of hydrogen-bond acceptors (Lipinski definition) is 7. The smallest absolute Gasteiger partial charge is 0.294 e. The van der Waals surface area contributed by atoms with E-state index in [0.29, 0.717) is 16.3 Å². The Morgan fingerprint density at radius 2 is 1.87 bits per heavy atom. The summed E-state index contributed by atoms with van der Waals surface area (Å²) in [5.74, 6) is -1.43. The van der Waals surface area contributed by atoms with Gasteiger partial charge in [0.15, 0.2) is 5.76 Å². The molecule has 1 amide bonds. The van der Waals surface area contributed by atoms with Gasteiger partial charge in [-0.05, 0) is 49.6 Å². The Bertz CT molecular complexity index is 1150. The summed E-state index contributed by atoms with van der Waals surface area (Å²) in [5.41, 5.74) is 2.32. The number of aliphatic hydroxyl groups excluding tert-OH is 1. The van der Waals surface area contributed by atoms with Crippen molar-refractivity contribution in [3.63, 3.8) is 0 Å². The van der Waals surface area contributed by atoms with Crippen molar-refractivity contribution >= 4 is 45.7 Å². The molecule has 1 N–H and O–H groups in total. The van der Waals surface area contributed by atoms with E-state index in [1.807, 2.05) is 67.7 Å². The van der Waals surface area contributed by atoms with Gasteiger partial charge >= 0.3 is 0 Å². The first-order valence-electron chi connectivity index (χ1n) is 9.35. The zero-order chi connectivity index (χ0) is 21.6. The minimum Gasteiger partial charge on any atom is -0.503 e. The average molecular weight is 440 g/mol. The number of carbonyl (C=O) groups is 2. The van der Waals surface area contributed by atoms with Crippen LogP contribution in [0.1, 0.15) is 31.3 Å². The van der Waals surface area contributed by atoms with Crippen molar-refractivity contribution < 1.29 is 14.7 Å². The first-order chi connectivity index (χ1) is 14.3. The molecule has 0 fully saturated rings. The van der Waals surface area contributed by atoms with Crippen LogP contribution in [0.25, 0.3) is 0 Å². The Kier molecular flexibility index (Phi) is 5.21. The lowest BCUT2D eigenvalue weighted by atomic mass is 10.00. The molecule has 1 aliphatic rings. The lowest BCUT2D eigenvalue weighted by molar-refractivity contribution is -0.117. The van der Waals surface area contributed by atoms with Gasteiger partial charge in [-0.25, -0.2) is 4.98 Å². The number of amides is 1. The number of carbonyl (C=O) groups excluding carboxylic acids is 2. The Hall–Kier alpha value is -2.97. The molecule has 1 aliphatic heterocycles. The molecule has 3 heterocycles. The van der Waals surface area contributed by atoms with Gasteiger partial charge in [0, 0.05) is 30.3 Å². The summed E-state index contributed by atoms with van der Waals surface area (Å²) < 4.78 is 0. The van der Waals surface area contributed by atoms with Crippen molar-refractivity contribution in [3.05, 3.63) is 73.6 Å². The van der Waals surface area contributed by atoms with E-state index >= 15 is 0 Å². The molecule has 2 aromatic heterocycles. The Morgan fingerprint density at radius 3 is 2.40 bits per heavy atom. The monoisotopic (exact) mass is 439 g/mol. The zero-order valence-electron chi connectivity index (χ0n) is 17.0. The molecule has 30 heavy (non-hydrogen) atoms. The van der Waals surface area contributed by atoms with Crippen LogP contribution >= 0.6 is 22.7 Å². The highest BCUT2D eigenvalue weighted by Crippen LogP contribution is 2.44. The maximum atomic E-state index is 13.4. The van der Waals surface area contributed by atoms with Crippen LogP contribution in [0.3, 0.4) is 0 Å². The SMILES string of the molecule is Cc1nc(C)c(C(=O)C2=C(O)C(=O)N(c3ccc(N(C)C)cc3)C2c2cccs2)s1. The van der Waals surface area contributed by atoms with Crippen LogP contribution in [0, 0.1) is 13.8 Å². The fraction of sp³-hybridized carbons (Fsp3) is 0.227. The van der Waals surface area contributed by atoms with Crippen LogP contribution in [0.2, 0.25) is 0 Å². The van der Waals surface area contributed by atoms with Gasteiger partial charge in [-0.3, -0.25) is 14.5 Å². The summed E-state index contributed by atoms with van der Waals surface area (Å²) in [6, 6.07) is 10.5. The van der Waals surface area contributed by atoms with Gasteiger partial charge in [-0.1, -0.05) is 6.07 Å². The van der Waals surface area contributed by atoms with Gasteiger partial charge in [-0.15, -0.1) is 22.7 Å².